The Morgan fingerprint density at radius 3 is 2.31 bits per heavy atom. The molecule has 1 N–H and O–H groups in total. The number of anilines is 2. The van der Waals surface area contributed by atoms with Crippen LogP contribution in [0.1, 0.15) is 49.0 Å². The molecule has 2 aliphatic rings. The van der Waals surface area contributed by atoms with Gasteiger partial charge in [-0.05, 0) is 42.5 Å². The third-order valence-electron chi connectivity index (χ3n) is 6.61. The van der Waals surface area contributed by atoms with Crippen LogP contribution in [-0.4, -0.2) is 60.7 Å². The summed E-state index contributed by atoms with van der Waals surface area (Å²) in [7, 11) is 1.80. The maximum Gasteiger partial charge on any atom is 0.256 e. The second kappa shape index (κ2) is 10.9. The van der Waals surface area contributed by atoms with E-state index in [0.717, 1.165) is 24.1 Å². The number of nitrogens with one attached hydrogen (secondary N) is 1. The Kier molecular flexibility index (Phi) is 7.73. The molecule has 2 fully saturated rings. The second-order valence-electron chi connectivity index (χ2n) is 10.1. The fourth-order valence-electron chi connectivity index (χ4n) is 4.46. The predicted molar refractivity (Wildman–Crippen MR) is 138 cm³/mol. The third-order valence-corrected chi connectivity index (χ3v) is 6.61. The molecule has 2 aromatic rings. The zero-order valence-corrected chi connectivity index (χ0v) is 21.0. The highest BCUT2D eigenvalue weighted by molar-refractivity contribution is 6.02. The van der Waals surface area contributed by atoms with E-state index in [-0.39, 0.29) is 23.6 Å². The largest absolute Gasteiger partial charge is 0.367 e. The number of amides is 3. The monoisotopic (exact) mass is 476 g/mol. The van der Waals surface area contributed by atoms with Crippen molar-refractivity contribution in [1.29, 1.82) is 0 Å². The molecule has 0 atom stereocenters. The molecule has 0 bridgehead atoms. The summed E-state index contributed by atoms with van der Waals surface area (Å²) in [5.41, 5.74) is 3.11. The van der Waals surface area contributed by atoms with E-state index < -0.39 is 0 Å². The van der Waals surface area contributed by atoms with Crippen molar-refractivity contribution in [2.24, 2.45) is 11.8 Å². The molecule has 2 aromatic carbocycles. The average molecular weight is 477 g/mol. The molecule has 1 aliphatic carbocycles. The van der Waals surface area contributed by atoms with Gasteiger partial charge >= 0.3 is 0 Å². The quantitative estimate of drug-likeness (QED) is 0.625. The predicted octanol–water partition coefficient (Wildman–Crippen LogP) is 4.00. The van der Waals surface area contributed by atoms with Gasteiger partial charge in [-0.15, -0.1) is 0 Å². The Balaban J connectivity index is 1.53. The maximum atomic E-state index is 13.6. The summed E-state index contributed by atoms with van der Waals surface area (Å²) < 4.78 is 0. The summed E-state index contributed by atoms with van der Waals surface area (Å²) in [4.78, 5) is 44.3. The lowest BCUT2D eigenvalue weighted by atomic mass is 10.1. The average Bonchev–Trinajstić information content (AvgIpc) is 3.70. The van der Waals surface area contributed by atoms with Crippen LogP contribution in [-0.2, 0) is 16.1 Å². The van der Waals surface area contributed by atoms with E-state index in [1.165, 1.54) is 0 Å². The Bertz CT molecular complexity index is 1060. The van der Waals surface area contributed by atoms with E-state index in [2.05, 4.69) is 24.1 Å². The third kappa shape index (κ3) is 6.41. The summed E-state index contributed by atoms with van der Waals surface area (Å²) in [5.74, 6) is 0.543. The molecule has 1 saturated heterocycles. The standard InChI is InChI=1S/C28H36N4O3/c1-20(2)17-26(33)32-15-13-31(14-16-32)25-12-11-23(29-27(34)22-9-10-22)18-24(25)28(35)30(3)19-21-7-5-4-6-8-21/h4-8,11-12,18,20,22H,9-10,13-17,19H2,1-3H3,(H,29,34). The summed E-state index contributed by atoms with van der Waals surface area (Å²) >= 11 is 0. The Morgan fingerprint density at radius 1 is 1.00 bits per heavy atom. The first-order valence-corrected chi connectivity index (χ1v) is 12.6. The fraction of sp³-hybridized carbons (Fsp3) is 0.464. The van der Waals surface area contributed by atoms with Gasteiger partial charge in [-0.1, -0.05) is 44.2 Å². The van der Waals surface area contributed by atoms with Gasteiger partial charge in [0, 0.05) is 63.5 Å². The van der Waals surface area contributed by atoms with Crippen LogP contribution in [0.5, 0.6) is 0 Å². The Morgan fingerprint density at radius 2 is 1.69 bits per heavy atom. The minimum atomic E-state index is -0.0929. The number of nitrogens with zero attached hydrogens (tertiary/aromatic N) is 3. The van der Waals surface area contributed by atoms with Crippen molar-refractivity contribution in [3.63, 3.8) is 0 Å². The van der Waals surface area contributed by atoms with Gasteiger partial charge < -0.3 is 20.0 Å². The van der Waals surface area contributed by atoms with Crippen molar-refractivity contribution < 1.29 is 14.4 Å². The van der Waals surface area contributed by atoms with Gasteiger partial charge in [0.15, 0.2) is 0 Å². The molecule has 0 spiro atoms. The summed E-state index contributed by atoms with van der Waals surface area (Å²) in [6.45, 7) is 7.22. The first kappa shape index (κ1) is 24.8. The van der Waals surface area contributed by atoms with E-state index in [1.807, 2.05) is 47.4 Å². The van der Waals surface area contributed by atoms with Crippen LogP contribution in [0.3, 0.4) is 0 Å². The van der Waals surface area contributed by atoms with Gasteiger partial charge in [0.05, 0.1) is 5.56 Å². The fourth-order valence-corrected chi connectivity index (χ4v) is 4.46. The summed E-state index contributed by atoms with van der Waals surface area (Å²) in [5, 5.41) is 2.98. The lowest BCUT2D eigenvalue weighted by Crippen LogP contribution is -2.49. The molecule has 4 rings (SSSR count). The normalized spacial score (nSPS) is 15.8. The van der Waals surface area contributed by atoms with Gasteiger partial charge in [-0.3, -0.25) is 14.4 Å². The van der Waals surface area contributed by atoms with Gasteiger partial charge in [0.2, 0.25) is 11.8 Å². The molecule has 1 saturated carbocycles. The molecule has 35 heavy (non-hydrogen) atoms. The molecular weight excluding hydrogens is 440 g/mol. The van der Waals surface area contributed by atoms with Crippen LogP contribution in [0.2, 0.25) is 0 Å². The van der Waals surface area contributed by atoms with E-state index in [4.69, 9.17) is 0 Å². The van der Waals surface area contributed by atoms with E-state index in [9.17, 15) is 14.4 Å². The van der Waals surface area contributed by atoms with Crippen molar-refractivity contribution in [1.82, 2.24) is 9.80 Å². The van der Waals surface area contributed by atoms with Gasteiger partial charge in [0.1, 0.15) is 0 Å². The van der Waals surface area contributed by atoms with Crippen LogP contribution in [0.4, 0.5) is 11.4 Å². The van der Waals surface area contributed by atoms with Gasteiger partial charge in [-0.25, -0.2) is 0 Å². The van der Waals surface area contributed by atoms with Gasteiger partial charge in [-0.2, -0.15) is 0 Å². The van der Waals surface area contributed by atoms with Crippen molar-refractivity contribution in [2.75, 3.05) is 43.4 Å². The van der Waals surface area contributed by atoms with Crippen molar-refractivity contribution >= 4 is 29.1 Å². The topological polar surface area (TPSA) is 73.0 Å². The molecule has 0 unspecified atom stereocenters. The summed E-state index contributed by atoms with van der Waals surface area (Å²) in [6, 6.07) is 15.5. The molecule has 1 aliphatic heterocycles. The van der Waals surface area contributed by atoms with Crippen molar-refractivity contribution in [3.8, 4) is 0 Å². The molecule has 1 heterocycles. The number of hydrogen-bond donors (Lipinski definition) is 1. The highest BCUT2D eigenvalue weighted by Gasteiger charge is 2.30. The number of rotatable bonds is 8. The molecule has 7 nitrogen and oxygen atoms in total. The Labute approximate surface area is 208 Å². The minimum Gasteiger partial charge on any atom is -0.367 e. The lowest BCUT2D eigenvalue weighted by Gasteiger charge is -2.37. The number of hydrogen-bond acceptors (Lipinski definition) is 4. The molecule has 186 valence electrons. The highest BCUT2D eigenvalue weighted by atomic mass is 16.2. The smallest absolute Gasteiger partial charge is 0.256 e. The van der Waals surface area contributed by atoms with Crippen molar-refractivity contribution in [3.05, 3.63) is 59.7 Å². The molecule has 7 heteroatoms. The Hall–Kier alpha value is -3.35. The van der Waals surface area contributed by atoms with Crippen LogP contribution in [0.25, 0.3) is 0 Å². The number of carbonyl (C=O) groups excluding carboxylic acids is 3. The number of piperazine rings is 1. The number of benzene rings is 2. The zero-order chi connectivity index (χ0) is 24.9. The molecule has 0 aromatic heterocycles. The van der Waals surface area contributed by atoms with Crippen LogP contribution < -0.4 is 10.2 Å². The van der Waals surface area contributed by atoms with E-state index in [0.29, 0.717) is 56.3 Å². The van der Waals surface area contributed by atoms with E-state index >= 15 is 0 Å². The molecule has 3 amide bonds. The SMILES string of the molecule is CC(C)CC(=O)N1CCN(c2ccc(NC(=O)C3CC3)cc2C(=O)N(C)Cc2ccccc2)CC1. The maximum absolute atomic E-state index is 13.6. The minimum absolute atomic E-state index is 0.0195. The van der Waals surface area contributed by atoms with E-state index in [1.54, 1.807) is 18.0 Å². The summed E-state index contributed by atoms with van der Waals surface area (Å²) in [6.07, 6.45) is 2.41. The lowest BCUT2D eigenvalue weighted by molar-refractivity contribution is -0.132. The van der Waals surface area contributed by atoms with Crippen LogP contribution >= 0.6 is 0 Å². The second-order valence-corrected chi connectivity index (χ2v) is 10.1. The molecular formula is C28H36N4O3. The molecule has 0 radical (unpaired) electrons. The van der Waals surface area contributed by atoms with Gasteiger partial charge in [0.25, 0.3) is 5.91 Å². The number of carbonyl (C=O) groups is 3. The van der Waals surface area contributed by atoms with Crippen LogP contribution in [0.15, 0.2) is 48.5 Å². The highest BCUT2D eigenvalue weighted by Crippen LogP contribution is 2.32. The first-order valence-electron chi connectivity index (χ1n) is 12.6. The zero-order valence-electron chi connectivity index (χ0n) is 21.0. The first-order chi connectivity index (χ1) is 16.8. The van der Waals surface area contributed by atoms with Crippen molar-refractivity contribution in [2.45, 2.75) is 39.7 Å². The van der Waals surface area contributed by atoms with Crippen LogP contribution in [0, 0.1) is 11.8 Å².